The normalized spacial score (nSPS) is 11.7. The summed E-state index contributed by atoms with van der Waals surface area (Å²) in [6, 6.07) is 3.86. The number of sulfonamides is 1. The summed E-state index contributed by atoms with van der Waals surface area (Å²) in [7, 11) is -3.36. The number of fused-ring (bicyclic) bond motifs is 1. The van der Waals surface area contributed by atoms with Gasteiger partial charge in [-0.15, -0.1) is 0 Å². The average Bonchev–Trinajstić information content (AvgIpc) is 2.78. The molecular formula is C12H16N4O3S. The molecule has 0 saturated heterocycles. The van der Waals surface area contributed by atoms with E-state index in [1.54, 1.807) is 6.20 Å². The molecule has 0 aliphatic carbocycles. The van der Waals surface area contributed by atoms with Crippen LogP contribution < -0.4 is 10.0 Å². The number of hydrogen-bond donors (Lipinski definition) is 2. The van der Waals surface area contributed by atoms with Crippen LogP contribution in [0.1, 0.15) is 11.3 Å². The predicted octanol–water partition coefficient (Wildman–Crippen LogP) is -0.192. The third kappa shape index (κ3) is 3.55. The minimum Gasteiger partial charge on any atom is -0.349 e. The molecule has 0 fully saturated rings. The minimum atomic E-state index is -3.36. The molecule has 0 bridgehead atoms. The number of carbonyl (C=O) groups is 1. The van der Waals surface area contributed by atoms with Gasteiger partial charge in [0.15, 0.2) is 0 Å². The number of nitrogens with zero attached hydrogens (tertiary/aromatic N) is 2. The molecule has 0 aliphatic heterocycles. The summed E-state index contributed by atoms with van der Waals surface area (Å²) in [5.74, 6) is -0.391. The molecule has 0 atom stereocenters. The number of imidazole rings is 1. The monoisotopic (exact) mass is 296 g/mol. The van der Waals surface area contributed by atoms with Crippen LogP contribution in [0.5, 0.6) is 0 Å². The first-order valence-electron chi connectivity index (χ1n) is 6.00. The maximum Gasteiger partial charge on any atom is 0.235 e. The molecule has 2 N–H and O–H groups in total. The molecular weight excluding hydrogens is 280 g/mol. The van der Waals surface area contributed by atoms with E-state index in [4.69, 9.17) is 0 Å². The zero-order chi connectivity index (χ0) is 14.8. The largest absolute Gasteiger partial charge is 0.349 e. The number of nitrogens with one attached hydrogen (secondary N) is 2. The van der Waals surface area contributed by atoms with Crippen LogP contribution in [-0.4, -0.2) is 36.5 Å². The van der Waals surface area contributed by atoms with Gasteiger partial charge in [0.2, 0.25) is 15.9 Å². The predicted molar refractivity (Wildman–Crippen MR) is 74.6 cm³/mol. The van der Waals surface area contributed by atoms with Gasteiger partial charge in [-0.3, -0.25) is 4.79 Å². The van der Waals surface area contributed by atoms with Crippen molar-refractivity contribution >= 4 is 21.6 Å². The van der Waals surface area contributed by atoms with Gasteiger partial charge in [-0.25, -0.2) is 18.1 Å². The van der Waals surface area contributed by atoms with Crippen molar-refractivity contribution in [3.63, 3.8) is 0 Å². The van der Waals surface area contributed by atoms with Crippen LogP contribution in [0.15, 0.2) is 24.5 Å². The van der Waals surface area contributed by atoms with Crippen molar-refractivity contribution in [2.24, 2.45) is 0 Å². The summed E-state index contributed by atoms with van der Waals surface area (Å²) < 4.78 is 25.8. The Hall–Kier alpha value is -1.93. The third-order valence-corrected chi connectivity index (χ3v) is 3.44. The highest BCUT2D eigenvalue weighted by molar-refractivity contribution is 7.88. The van der Waals surface area contributed by atoms with E-state index in [1.165, 1.54) is 0 Å². The van der Waals surface area contributed by atoms with Gasteiger partial charge in [-0.2, -0.15) is 0 Å². The second-order valence-electron chi connectivity index (χ2n) is 4.50. The van der Waals surface area contributed by atoms with Crippen molar-refractivity contribution in [3.8, 4) is 0 Å². The van der Waals surface area contributed by atoms with Crippen molar-refractivity contribution in [2.45, 2.75) is 13.5 Å². The molecule has 1 amide bonds. The van der Waals surface area contributed by atoms with Crippen molar-refractivity contribution in [3.05, 3.63) is 35.8 Å². The standard InChI is InChI=1S/C12H16N4O3S/c1-9-4-3-5-16-10(7-14-12(9)16)6-13-11(17)8-15-20(2,18)19/h3-5,7,15H,6,8H2,1-2H3,(H,13,17). The molecule has 0 aromatic carbocycles. The van der Waals surface area contributed by atoms with E-state index in [0.29, 0.717) is 0 Å². The molecule has 2 heterocycles. The minimum absolute atomic E-state index is 0.269. The summed E-state index contributed by atoms with van der Waals surface area (Å²) >= 11 is 0. The van der Waals surface area contributed by atoms with Crippen molar-refractivity contribution in [2.75, 3.05) is 12.8 Å². The lowest BCUT2D eigenvalue weighted by molar-refractivity contribution is -0.120. The van der Waals surface area contributed by atoms with Crippen molar-refractivity contribution in [1.82, 2.24) is 19.4 Å². The number of rotatable bonds is 5. The van der Waals surface area contributed by atoms with Crippen LogP contribution in [0.25, 0.3) is 5.65 Å². The van der Waals surface area contributed by atoms with Crippen LogP contribution in [0.3, 0.4) is 0 Å². The van der Waals surface area contributed by atoms with Crippen molar-refractivity contribution in [1.29, 1.82) is 0 Å². The summed E-state index contributed by atoms with van der Waals surface area (Å²) in [6.45, 7) is 1.98. The molecule has 20 heavy (non-hydrogen) atoms. The fourth-order valence-corrected chi connectivity index (χ4v) is 2.17. The summed E-state index contributed by atoms with van der Waals surface area (Å²) in [4.78, 5) is 15.8. The summed E-state index contributed by atoms with van der Waals surface area (Å²) in [5, 5.41) is 2.64. The van der Waals surface area contributed by atoms with Crippen LogP contribution in [-0.2, 0) is 21.4 Å². The van der Waals surface area contributed by atoms with Crippen molar-refractivity contribution < 1.29 is 13.2 Å². The lowest BCUT2D eigenvalue weighted by Crippen LogP contribution is -2.36. The Balaban J connectivity index is 2.00. The zero-order valence-electron chi connectivity index (χ0n) is 11.3. The second-order valence-corrected chi connectivity index (χ2v) is 6.34. The van der Waals surface area contributed by atoms with E-state index in [9.17, 15) is 13.2 Å². The molecule has 0 aliphatic rings. The van der Waals surface area contributed by atoms with Crippen LogP contribution in [0, 0.1) is 6.92 Å². The molecule has 8 heteroatoms. The Morgan fingerprint density at radius 1 is 1.45 bits per heavy atom. The van der Waals surface area contributed by atoms with Gasteiger partial charge in [0.05, 0.1) is 31.2 Å². The van der Waals surface area contributed by atoms with Gasteiger partial charge in [0, 0.05) is 6.20 Å². The lowest BCUT2D eigenvalue weighted by atomic mass is 10.3. The molecule has 0 spiro atoms. The van der Waals surface area contributed by atoms with Gasteiger partial charge >= 0.3 is 0 Å². The van der Waals surface area contributed by atoms with E-state index >= 15 is 0 Å². The van der Waals surface area contributed by atoms with Gasteiger partial charge in [0.25, 0.3) is 0 Å². The van der Waals surface area contributed by atoms with E-state index < -0.39 is 15.9 Å². The lowest BCUT2D eigenvalue weighted by Gasteiger charge is -2.06. The van der Waals surface area contributed by atoms with Gasteiger partial charge in [-0.05, 0) is 18.6 Å². The molecule has 0 radical (unpaired) electrons. The smallest absolute Gasteiger partial charge is 0.235 e. The van der Waals surface area contributed by atoms with Gasteiger partial charge < -0.3 is 9.72 Å². The van der Waals surface area contributed by atoms with Crippen LogP contribution in [0.2, 0.25) is 0 Å². The molecule has 0 saturated carbocycles. The number of amides is 1. The molecule has 0 unspecified atom stereocenters. The Morgan fingerprint density at radius 2 is 2.20 bits per heavy atom. The quantitative estimate of drug-likeness (QED) is 0.800. The Kier molecular flexibility index (Phi) is 4.05. The van der Waals surface area contributed by atoms with Gasteiger partial charge in [-0.1, -0.05) is 6.07 Å². The molecule has 2 rings (SSSR count). The molecule has 7 nitrogen and oxygen atoms in total. The molecule has 108 valence electrons. The summed E-state index contributed by atoms with van der Waals surface area (Å²) in [6.07, 6.45) is 4.56. The highest BCUT2D eigenvalue weighted by atomic mass is 32.2. The molecule has 2 aromatic rings. The Bertz CT molecular complexity index is 736. The SMILES string of the molecule is Cc1cccn2c(CNC(=O)CNS(C)(=O)=O)cnc12. The number of pyridine rings is 1. The zero-order valence-corrected chi connectivity index (χ0v) is 12.1. The van der Waals surface area contributed by atoms with Gasteiger partial charge in [0.1, 0.15) is 5.65 Å². The van der Waals surface area contributed by atoms with E-state index in [2.05, 4.69) is 15.0 Å². The number of hydrogen-bond acceptors (Lipinski definition) is 4. The first kappa shape index (κ1) is 14.5. The third-order valence-electron chi connectivity index (χ3n) is 2.77. The highest BCUT2D eigenvalue weighted by Crippen LogP contribution is 2.10. The maximum absolute atomic E-state index is 11.5. The maximum atomic E-state index is 11.5. The van der Waals surface area contributed by atoms with Crippen LogP contribution >= 0.6 is 0 Å². The number of aryl methyl sites for hydroxylation is 1. The number of carbonyl (C=O) groups excluding carboxylic acids is 1. The fraction of sp³-hybridized carbons (Fsp3) is 0.333. The Labute approximate surface area is 117 Å². The average molecular weight is 296 g/mol. The Morgan fingerprint density at radius 3 is 2.90 bits per heavy atom. The molecule has 2 aromatic heterocycles. The highest BCUT2D eigenvalue weighted by Gasteiger charge is 2.08. The van der Waals surface area contributed by atoms with E-state index in [1.807, 2.05) is 29.7 Å². The van der Waals surface area contributed by atoms with E-state index in [-0.39, 0.29) is 13.1 Å². The van der Waals surface area contributed by atoms with E-state index in [0.717, 1.165) is 23.2 Å². The first-order valence-corrected chi connectivity index (χ1v) is 7.89. The van der Waals surface area contributed by atoms with Crippen LogP contribution in [0.4, 0.5) is 0 Å². The fourth-order valence-electron chi connectivity index (χ4n) is 1.78. The summed E-state index contributed by atoms with van der Waals surface area (Å²) in [5.41, 5.74) is 2.71. The topological polar surface area (TPSA) is 92.6 Å². The second kappa shape index (κ2) is 5.59. The first-order chi connectivity index (χ1) is 9.37. The number of aromatic nitrogens is 2.